The van der Waals surface area contributed by atoms with Crippen molar-refractivity contribution in [2.24, 2.45) is 0 Å². The zero-order chi connectivity index (χ0) is 19.9. The summed E-state index contributed by atoms with van der Waals surface area (Å²) in [7, 11) is 1.19. The highest BCUT2D eigenvalue weighted by atomic mass is 17.2. The molecule has 26 heavy (non-hydrogen) atoms. The third-order valence-electron chi connectivity index (χ3n) is 3.14. The lowest BCUT2D eigenvalue weighted by atomic mass is 9.98. The maximum Gasteiger partial charge on any atom is 0.303 e. The van der Waals surface area contributed by atoms with E-state index >= 15 is 0 Å². The first kappa shape index (κ1) is 21.8. The maximum atomic E-state index is 11.5. The molecule has 0 radical (unpaired) electrons. The van der Waals surface area contributed by atoms with Crippen molar-refractivity contribution >= 4 is 23.9 Å². The van der Waals surface area contributed by atoms with Crippen LogP contribution in [0.1, 0.15) is 27.7 Å². The second-order valence-corrected chi connectivity index (χ2v) is 5.33. The van der Waals surface area contributed by atoms with Crippen molar-refractivity contribution in [1.29, 1.82) is 0 Å². The number of ether oxygens (including phenoxy) is 5. The van der Waals surface area contributed by atoms with Gasteiger partial charge in [0.05, 0.1) is 7.11 Å². The summed E-state index contributed by atoms with van der Waals surface area (Å²) in [5.41, 5.74) is 0. The molecule has 0 aromatic heterocycles. The quantitative estimate of drug-likeness (QED) is 0.249. The van der Waals surface area contributed by atoms with Crippen LogP contribution in [0.2, 0.25) is 0 Å². The molecule has 0 aromatic carbocycles. The third kappa shape index (κ3) is 6.58. The Morgan fingerprint density at radius 3 is 1.73 bits per heavy atom. The van der Waals surface area contributed by atoms with E-state index < -0.39 is 54.6 Å². The summed E-state index contributed by atoms with van der Waals surface area (Å²) in [4.78, 5) is 55.0. The van der Waals surface area contributed by atoms with Gasteiger partial charge in [-0.3, -0.25) is 19.2 Å². The molecule has 0 N–H and O–H groups in total. The van der Waals surface area contributed by atoms with Crippen LogP contribution >= 0.6 is 0 Å². The van der Waals surface area contributed by atoms with Gasteiger partial charge in [-0.2, -0.15) is 0 Å². The monoisotopic (exact) mass is 378 g/mol. The van der Waals surface area contributed by atoms with E-state index in [0.29, 0.717) is 0 Å². The number of hydrogen-bond donors (Lipinski definition) is 0. The summed E-state index contributed by atoms with van der Waals surface area (Å²) in [6.45, 7) is 4.23. The molecule has 0 unspecified atom stereocenters. The Morgan fingerprint density at radius 1 is 0.769 bits per heavy atom. The summed E-state index contributed by atoms with van der Waals surface area (Å²) in [6, 6.07) is 0. The standard InChI is InChI=1S/C15H22O11/c1-7(16)21-6-11-12(22-8(2)17)13(23-9(3)18)14(24-10(4)19)15(25-11)26-20-5/h11-15H,6H2,1-5H3/t11-,12-,13+,14-,15+/m1/s1. The van der Waals surface area contributed by atoms with Gasteiger partial charge < -0.3 is 23.7 Å². The minimum Gasteiger partial charge on any atom is -0.463 e. The van der Waals surface area contributed by atoms with Gasteiger partial charge in [0.1, 0.15) is 12.7 Å². The molecule has 0 bridgehead atoms. The first-order chi connectivity index (χ1) is 12.1. The van der Waals surface area contributed by atoms with Crippen LogP contribution in [-0.4, -0.2) is 68.3 Å². The molecule has 0 saturated carbocycles. The van der Waals surface area contributed by atoms with Gasteiger partial charge in [0.2, 0.25) is 6.29 Å². The Bertz CT molecular complexity index is 532. The lowest BCUT2D eigenvalue weighted by Gasteiger charge is -2.43. The number of hydrogen-bond acceptors (Lipinski definition) is 11. The fraction of sp³-hybridized carbons (Fsp3) is 0.733. The average molecular weight is 378 g/mol. The highest BCUT2D eigenvalue weighted by Crippen LogP contribution is 2.29. The van der Waals surface area contributed by atoms with E-state index in [0.717, 1.165) is 20.8 Å². The molecule has 11 heteroatoms. The van der Waals surface area contributed by atoms with Crippen LogP contribution in [0.5, 0.6) is 0 Å². The fourth-order valence-electron chi connectivity index (χ4n) is 2.36. The molecule has 0 aromatic rings. The molecule has 1 aliphatic heterocycles. The Kier molecular flexibility index (Phi) is 8.42. The Labute approximate surface area is 149 Å². The predicted octanol–water partition coefficient (Wildman–Crippen LogP) is -0.352. The first-order valence-corrected chi connectivity index (χ1v) is 7.65. The lowest BCUT2D eigenvalue weighted by molar-refractivity contribution is -0.415. The number of carbonyl (C=O) groups is 4. The van der Waals surface area contributed by atoms with Crippen molar-refractivity contribution < 1.29 is 52.6 Å². The highest BCUT2D eigenvalue weighted by molar-refractivity contribution is 5.68. The van der Waals surface area contributed by atoms with Crippen LogP contribution in [-0.2, 0) is 52.6 Å². The molecule has 0 aliphatic carbocycles. The van der Waals surface area contributed by atoms with Crippen molar-refractivity contribution in [3.8, 4) is 0 Å². The molecule has 1 heterocycles. The number of carbonyl (C=O) groups excluding carboxylic acids is 4. The molecule has 11 nitrogen and oxygen atoms in total. The van der Waals surface area contributed by atoms with Gasteiger partial charge in [0.25, 0.3) is 0 Å². The molecule has 5 atom stereocenters. The van der Waals surface area contributed by atoms with Crippen LogP contribution in [0.25, 0.3) is 0 Å². The molecule has 0 amide bonds. The van der Waals surface area contributed by atoms with Crippen molar-refractivity contribution in [1.82, 2.24) is 0 Å². The van der Waals surface area contributed by atoms with Gasteiger partial charge in [-0.1, -0.05) is 0 Å². The summed E-state index contributed by atoms with van der Waals surface area (Å²) >= 11 is 0. The van der Waals surface area contributed by atoms with Crippen molar-refractivity contribution in [2.75, 3.05) is 13.7 Å². The van der Waals surface area contributed by atoms with Crippen LogP contribution < -0.4 is 0 Å². The van der Waals surface area contributed by atoms with E-state index in [-0.39, 0.29) is 6.61 Å². The first-order valence-electron chi connectivity index (χ1n) is 7.65. The lowest BCUT2D eigenvalue weighted by Crippen LogP contribution is -2.62. The van der Waals surface area contributed by atoms with Crippen molar-refractivity contribution in [2.45, 2.75) is 58.4 Å². The predicted molar refractivity (Wildman–Crippen MR) is 80.1 cm³/mol. The Hall–Kier alpha value is -2.24. The van der Waals surface area contributed by atoms with Gasteiger partial charge in [0, 0.05) is 27.7 Å². The van der Waals surface area contributed by atoms with Gasteiger partial charge >= 0.3 is 23.9 Å². The maximum absolute atomic E-state index is 11.5. The van der Waals surface area contributed by atoms with E-state index in [1.54, 1.807) is 0 Å². The third-order valence-corrected chi connectivity index (χ3v) is 3.14. The van der Waals surface area contributed by atoms with Crippen LogP contribution in [0.3, 0.4) is 0 Å². The van der Waals surface area contributed by atoms with Gasteiger partial charge in [-0.15, -0.1) is 0 Å². The van der Waals surface area contributed by atoms with Crippen molar-refractivity contribution in [3.05, 3.63) is 0 Å². The summed E-state index contributed by atoms with van der Waals surface area (Å²) < 4.78 is 25.9. The van der Waals surface area contributed by atoms with Gasteiger partial charge in [-0.05, 0) is 0 Å². The fourth-order valence-corrected chi connectivity index (χ4v) is 2.36. The van der Waals surface area contributed by atoms with Gasteiger partial charge in [0.15, 0.2) is 18.3 Å². The molecule has 0 spiro atoms. The molecule has 1 aliphatic rings. The summed E-state index contributed by atoms with van der Waals surface area (Å²) in [6.07, 6.45) is -6.21. The normalized spacial score (nSPS) is 28.0. The van der Waals surface area contributed by atoms with Gasteiger partial charge in [-0.25, -0.2) is 9.78 Å². The van der Waals surface area contributed by atoms with E-state index in [1.165, 1.54) is 14.0 Å². The topological polar surface area (TPSA) is 133 Å². The van der Waals surface area contributed by atoms with Crippen molar-refractivity contribution in [3.63, 3.8) is 0 Å². The molecular weight excluding hydrogens is 356 g/mol. The molecule has 148 valence electrons. The second-order valence-electron chi connectivity index (χ2n) is 5.33. The summed E-state index contributed by atoms with van der Waals surface area (Å²) in [5, 5.41) is 0. The molecular formula is C15H22O11. The molecule has 1 fully saturated rings. The van der Waals surface area contributed by atoms with E-state index in [1.807, 2.05) is 0 Å². The van der Waals surface area contributed by atoms with E-state index in [4.69, 9.17) is 28.6 Å². The zero-order valence-corrected chi connectivity index (χ0v) is 15.1. The highest BCUT2D eigenvalue weighted by Gasteiger charge is 2.53. The number of rotatable bonds is 7. The minimum absolute atomic E-state index is 0.332. The van der Waals surface area contributed by atoms with E-state index in [9.17, 15) is 19.2 Å². The largest absolute Gasteiger partial charge is 0.463 e. The van der Waals surface area contributed by atoms with Crippen LogP contribution in [0, 0.1) is 0 Å². The summed E-state index contributed by atoms with van der Waals surface area (Å²) in [5.74, 6) is -2.77. The minimum atomic E-state index is -1.33. The SMILES string of the molecule is COO[C@@H]1O[C@H](COC(C)=O)[C@@H](OC(C)=O)[C@H](OC(C)=O)[C@H]1OC(C)=O. The smallest absolute Gasteiger partial charge is 0.303 e. The Morgan fingerprint density at radius 2 is 1.27 bits per heavy atom. The molecule has 1 rings (SSSR count). The second kappa shape index (κ2) is 10.0. The van der Waals surface area contributed by atoms with Crippen LogP contribution in [0.4, 0.5) is 0 Å². The van der Waals surface area contributed by atoms with E-state index in [2.05, 4.69) is 4.89 Å². The van der Waals surface area contributed by atoms with Crippen LogP contribution in [0.15, 0.2) is 0 Å². The molecule has 1 saturated heterocycles. The average Bonchev–Trinajstić information content (AvgIpc) is 2.50. The zero-order valence-electron chi connectivity index (χ0n) is 15.1. The number of esters is 4. The Balaban J connectivity index is 3.22.